The first kappa shape index (κ1) is 16.4. The Labute approximate surface area is 115 Å². The number of hydrogen-bond acceptors (Lipinski definition) is 8. The van der Waals surface area contributed by atoms with Gasteiger partial charge in [0.05, 0.1) is 6.10 Å². The Hall–Kier alpha value is -1.67. The summed E-state index contributed by atoms with van der Waals surface area (Å²) < 4.78 is 20.1. The first-order chi connectivity index (χ1) is 9.22. The molecule has 1 rings (SSSR count). The molecule has 1 aliphatic heterocycles. The summed E-state index contributed by atoms with van der Waals surface area (Å²) in [4.78, 5) is 33.3. The fraction of sp³-hybridized carbons (Fsp3) is 0.750. The minimum atomic E-state index is -1.48. The lowest BCUT2D eigenvalue weighted by Crippen LogP contribution is -2.60. The van der Waals surface area contributed by atoms with Crippen molar-refractivity contribution in [3.8, 4) is 0 Å². The van der Waals surface area contributed by atoms with Crippen LogP contribution in [-0.2, 0) is 33.3 Å². The van der Waals surface area contributed by atoms with Crippen LogP contribution in [0.5, 0.6) is 0 Å². The van der Waals surface area contributed by atoms with Gasteiger partial charge in [0, 0.05) is 20.8 Å². The van der Waals surface area contributed by atoms with Gasteiger partial charge in [0.2, 0.25) is 0 Å². The molecule has 0 aromatic rings. The summed E-state index contributed by atoms with van der Waals surface area (Å²) in [7, 11) is 0. The Morgan fingerprint density at radius 1 is 0.850 bits per heavy atom. The van der Waals surface area contributed by atoms with E-state index in [1.54, 1.807) is 0 Å². The van der Waals surface area contributed by atoms with Crippen molar-refractivity contribution in [3.63, 3.8) is 0 Å². The second kappa shape index (κ2) is 6.67. The third-order valence-electron chi connectivity index (χ3n) is 2.65. The van der Waals surface area contributed by atoms with Crippen molar-refractivity contribution in [1.82, 2.24) is 0 Å². The second-order valence-electron chi connectivity index (χ2n) is 4.45. The molecule has 0 radical (unpaired) electrons. The minimum Gasteiger partial charge on any atom is -0.456 e. The van der Waals surface area contributed by atoms with Crippen LogP contribution in [0.2, 0.25) is 0 Å². The molecule has 2 unspecified atom stereocenters. The van der Waals surface area contributed by atoms with Crippen molar-refractivity contribution in [2.75, 3.05) is 0 Å². The molecule has 114 valence electrons. The van der Waals surface area contributed by atoms with Gasteiger partial charge < -0.3 is 24.1 Å². The highest BCUT2D eigenvalue weighted by molar-refractivity contribution is 5.68. The molecular formula is C12H18O8. The highest BCUT2D eigenvalue weighted by atomic mass is 16.7. The van der Waals surface area contributed by atoms with Crippen molar-refractivity contribution in [3.05, 3.63) is 0 Å². The Morgan fingerprint density at radius 2 is 1.25 bits per heavy atom. The van der Waals surface area contributed by atoms with E-state index in [1.165, 1.54) is 13.8 Å². The van der Waals surface area contributed by atoms with Crippen LogP contribution >= 0.6 is 0 Å². The van der Waals surface area contributed by atoms with Gasteiger partial charge in [0.1, 0.15) is 0 Å². The van der Waals surface area contributed by atoms with E-state index in [9.17, 15) is 19.5 Å². The molecule has 5 atom stereocenters. The number of aliphatic hydroxyl groups excluding tert-OH is 1. The summed E-state index contributed by atoms with van der Waals surface area (Å²) in [6.45, 7) is 5.01. The summed E-state index contributed by atoms with van der Waals surface area (Å²) in [6.07, 6.45) is -5.60. The molecular weight excluding hydrogens is 272 g/mol. The van der Waals surface area contributed by atoms with Gasteiger partial charge in [0.15, 0.2) is 24.6 Å². The van der Waals surface area contributed by atoms with Crippen LogP contribution in [-0.4, -0.2) is 53.7 Å². The summed E-state index contributed by atoms with van der Waals surface area (Å²) in [5.41, 5.74) is 0. The summed E-state index contributed by atoms with van der Waals surface area (Å²) in [5.74, 6) is -1.96. The van der Waals surface area contributed by atoms with Crippen molar-refractivity contribution < 1.29 is 38.4 Å². The fourth-order valence-corrected chi connectivity index (χ4v) is 1.99. The molecule has 20 heavy (non-hydrogen) atoms. The van der Waals surface area contributed by atoms with Crippen LogP contribution in [0.25, 0.3) is 0 Å². The summed E-state index contributed by atoms with van der Waals surface area (Å²) >= 11 is 0. The van der Waals surface area contributed by atoms with Crippen molar-refractivity contribution in [2.45, 2.75) is 58.4 Å². The number of hydrogen-bond donors (Lipinski definition) is 1. The monoisotopic (exact) mass is 290 g/mol. The number of carbonyl (C=O) groups excluding carboxylic acids is 3. The Morgan fingerprint density at radius 3 is 1.70 bits per heavy atom. The van der Waals surface area contributed by atoms with E-state index in [-0.39, 0.29) is 0 Å². The lowest BCUT2D eigenvalue weighted by atomic mass is 9.99. The zero-order valence-electron chi connectivity index (χ0n) is 11.7. The number of carbonyl (C=O) groups is 3. The molecule has 1 aliphatic rings. The maximum absolute atomic E-state index is 11.2. The molecule has 0 amide bonds. The summed E-state index contributed by atoms with van der Waals surface area (Å²) in [6, 6.07) is 0. The maximum atomic E-state index is 11.2. The van der Waals surface area contributed by atoms with Gasteiger partial charge in [-0.1, -0.05) is 0 Å². The summed E-state index contributed by atoms with van der Waals surface area (Å²) in [5, 5.41) is 9.79. The lowest BCUT2D eigenvalue weighted by molar-refractivity contribution is -0.288. The van der Waals surface area contributed by atoms with Crippen LogP contribution in [0.1, 0.15) is 27.7 Å². The van der Waals surface area contributed by atoms with Crippen LogP contribution < -0.4 is 0 Å². The molecule has 0 spiro atoms. The predicted molar refractivity (Wildman–Crippen MR) is 63.2 cm³/mol. The molecule has 0 saturated carbocycles. The van der Waals surface area contributed by atoms with Gasteiger partial charge in [-0.15, -0.1) is 0 Å². The van der Waals surface area contributed by atoms with Gasteiger partial charge in [-0.25, -0.2) is 0 Å². The highest BCUT2D eigenvalue weighted by Gasteiger charge is 2.49. The molecule has 8 nitrogen and oxygen atoms in total. The topological polar surface area (TPSA) is 108 Å². The highest BCUT2D eigenvalue weighted by Crippen LogP contribution is 2.27. The van der Waals surface area contributed by atoms with Crippen molar-refractivity contribution in [2.24, 2.45) is 0 Å². The molecule has 1 fully saturated rings. The number of ether oxygens (including phenoxy) is 4. The third-order valence-corrected chi connectivity index (χ3v) is 2.65. The molecule has 0 bridgehead atoms. The Kier molecular flexibility index (Phi) is 5.46. The van der Waals surface area contributed by atoms with Gasteiger partial charge in [-0.05, 0) is 6.92 Å². The average Bonchev–Trinajstić information content (AvgIpc) is 2.27. The molecule has 0 aromatic heterocycles. The van der Waals surface area contributed by atoms with E-state index in [0.29, 0.717) is 0 Å². The second-order valence-corrected chi connectivity index (χ2v) is 4.45. The van der Waals surface area contributed by atoms with Crippen LogP contribution in [0.15, 0.2) is 0 Å². The Balaban J connectivity index is 3.01. The van der Waals surface area contributed by atoms with Gasteiger partial charge in [0.25, 0.3) is 0 Å². The van der Waals surface area contributed by atoms with E-state index in [0.717, 1.165) is 13.8 Å². The number of aliphatic hydroxyl groups is 1. The Bertz CT molecular complexity index is 365. The van der Waals surface area contributed by atoms with Gasteiger partial charge in [-0.2, -0.15) is 0 Å². The zero-order chi connectivity index (χ0) is 15.4. The van der Waals surface area contributed by atoms with Crippen molar-refractivity contribution >= 4 is 17.9 Å². The first-order valence-corrected chi connectivity index (χ1v) is 6.07. The van der Waals surface area contributed by atoms with E-state index in [1.807, 2.05) is 0 Å². The maximum Gasteiger partial charge on any atom is 0.303 e. The smallest absolute Gasteiger partial charge is 0.303 e. The SMILES string of the molecule is CC(=O)OC1[C@H](OC(C)=O)C(O)O[C@@H](C)[C@@H]1OC(C)=O. The van der Waals surface area contributed by atoms with Crippen LogP contribution in [0, 0.1) is 0 Å². The molecule has 0 aliphatic carbocycles. The molecule has 1 saturated heterocycles. The zero-order valence-corrected chi connectivity index (χ0v) is 11.7. The average molecular weight is 290 g/mol. The number of esters is 3. The lowest BCUT2D eigenvalue weighted by Gasteiger charge is -2.41. The number of rotatable bonds is 3. The minimum absolute atomic E-state index is 0.611. The van der Waals surface area contributed by atoms with E-state index < -0.39 is 48.6 Å². The molecule has 1 N–H and O–H groups in total. The van der Waals surface area contributed by atoms with E-state index >= 15 is 0 Å². The normalized spacial score (nSPS) is 33.1. The molecule has 1 heterocycles. The van der Waals surface area contributed by atoms with E-state index in [2.05, 4.69) is 0 Å². The largest absolute Gasteiger partial charge is 0.456 e. The first-order valence-electron chi connectivity index (χ1n) is 6.07. The molecule has 8 heteroatoms. The molecule has 0 aromatic carbocycles. The third kappa shape index (κ3) is 4.17. The van der Waals surface area contributed by atoms with Gasteiger partial charge >= 0.3 is 17.9 Å². The van der Waals surface area contributed by atoms with Crippen LogP contribution in [0.3, 0.4) is 0 Å². The predicted octanol–water partition coefficient (Wildman–Crippen LogP) is -0.481. The quantitative estimate of drug-likeness (QED) is 0.548. The standard InChI is InChI=1S/C12H18O8/c1-5-9(18-6(2)13)10(19-7(3)14)11(12(16)17-5)20-8(4)15/h5,9-12,16H,1-4H3/t5-,9-,10?,11-,12?/m0/s1. The van der Waals surface area contributed by atoms with Crippen LogP contribution in [0.4, 0.5) is 0 Å². The van der Waals surface area contributed by atoms with Gasteiger partial charge in [-0.3, -0.25) is 14.4 Å². The van der Waals surface area contributed by atoms with E-state index in [4.69, 9.17) is 18.9 Å². The van der Waals surface area contributed by atoms with Crippen molar-refractivity contribution in [1.29, 1.82) is 0 Å². The fourth-order valence-electron chi connectivity index (χ4n) is 1.99.